The van der Waals surface area contributed by atoms with Gasteiger partial charge in [-0.05, 0) is 42.5 Å². The molecule has 0 atom stereocenters. The first-order valence-electron chi connectivity index (χ1n) is 6.78. The van der Waals surface area contributed by atoms with E-state index in [1.165, 1.54) is 0 Å². The number of benzene rings is 2. The monoisotopic (exact) mass is 342 g/mol. The SMILES string of the molecule is BrCCn1ccc(-c2ccc(Oc3ccccc3)cc2)n1. The standard InChI is InChI=1S/C17H15BrN2O/c18-11-13-20-12-10-17(19-20)14-6-8-16(9-7-14)21-15-4-2-1-3-5-15/h1-10,12H,11,13H2. The van der Waals surface area contributed by atoms with E-state index in [0.717, 1.165) is 34.6 Å². The van der Waals surface area contributed by atoms with Crippen LogP contribution >= 0.6 is 15.9 Å². The Bertz CT molecular complexity index is 692. The van der Waals surface area contributed by atoms with E-state index in [2.05, 4.69) is 21.0 Å². The minimum absolute atomic E-state index is 0.824. The highest BCUT2D eigenvalue weighted by molar-refractivity contribution is 9.09. The van der Waals surface area contributed by atoms with E-state index >= 15 is 0 Å². The molecule has 0 amide bonds. The van der Waals surface area contributed by atoms with Crippen LogP contribution in [-0.2, 0) is 6.54 Å². The van der Waals surface area contributed by atoms with Gasteiger partial charge in [0, 0.05) is 17.1 Å². The summed E-state index contributed by atoms with van der Waals surface area (Å²) in [6, 6.07) is 19.8. The smallest absolute Gasteiger partial charge is 0.127 e. The Balaban J connectivity index is 1.74. The second-order valence-corrected chi connectivity index (χ2v) is 5.39. The summed E-state index contributed by atoms with van der Waals surface area (Å²) in [7, 11) is 0. The third-order valence-electron chi connectivity index (χ3n) is 3.08. The number of aryl methyl sites for hydroxylation is 1. The van der Waals surface area contributed by atoms with Gasteiger partial charge in [0.25, 0.3) is 0 Å². The molecule has 3 rings (SSSR count). The van der Waals surface area contributed by atoms with Gasteiger partial charge < -0.3 is 4.74 Å². The van der Waals surface area contributed by atoms with Crippen molar-refractivity contribution in [3.8, 4) is 22.8 Å². The predicted octanol–water partition coefficient (Wildman–Crippen LogP) is 4.74. The summed E-state index contributed by atoms with van der Waals surface area (Å²) < 4.78 is 7.71. The van der Waals surface area contributed by atoms with Gasteiger partial charge in [0.05, 0.1) is 12.2 Å². The summed E-state index contributed by atoms with van der Waals surface area (Å²) in [6.45, 7) is 0.870. The van der Waals surface area contributed by atoms with Crippen molar-refractivity contribution in [3.05, 3.63) is 66.9 Å². The van der Waals surface area contributed by atoms with Crippen molar-refractivity contribution < 1.29 is 4.74 Å². The van der Waals surface area contributed by atoms with Crippen LogP contribution in [0.4, 0.5) is 0 Å². The molecular formula is C17H15BrN2O. The fourth-order valence-electron chi connectivity index (χ4n) is 2.05. The van der Waals surface area contributed by atoms with Gasteiger partial charge in [0.1, 0.15) is 11.5 Å². The first-order chi connectivity index (χ1) is 10.3. The van der Waals surface area contributed by atoms with Crippen LogP contribution in [0, 0.1) is 0 Å². The van der Waals surface area contributed by atoms with Crippen LogP contribution < -0.4 is 4.74 Å². The highest BCUT2D eigenvalue weighted by Gasteiger charge is 2.03. The Labute approximate surface area is 132 Å². The van der Waals surface area contributed by atoms with Gasteiger partial charge >= 0.3 is 0 Å². The number of nitrogens with zero attached hydrogens (tertiary/aromatic N) is 2. The first-order valence-corrected chi connectivity index (χ1v) is 7.90. The fourth-order valence-corrected chi connectivity index (χ4v) is 2.41. The molecule has 1 heterocycles. The van der Waals surface area contributed by atoms with Crippen LogP contribution in [0.3, 0.4) is 0 Å². The van der Waals surface area contributed by atoms with Crippen LogP contribution in [0.25, 0.3) is 11.3 Å². The number of halogens is 1. The molecular weight excluding hydrogens is 328 g/mol. The average Bonchev–Trinajstić information content (AvgIpc) is 2.98. The van der Waals surface area contributed by atoms with Crippen molar-refractivity contribution in [2.24, 2.45) is 0 Å². The molecule has 0 aliphatic carbocycles. The number of hydrogen-bond donors (Lipinski definition) is 0. The van der Waals surface area contributed by atoms with Gasteiger partial charge in [0.2, 0.25) is 0 Å². The highest BCUT2D eigenvalue weighted by atomic mass is 79.9. The molecule has 3 nitrogen and oxygen atoms in total. The lowest BCUT2D eigenvalue weighted by atomic mass is 10.1. The van der Waals surface area contributed by atoms with Gasteiger partial charge in [-0.1, -0.05) is 34.1 Å². The number of hydrogen-bond acceptors (Lipinski definition) is 2. The predicted molar refractivity (Wildman–Crippen MR) is 88.0 cm³/mol. The second-order valence-electron chi connectivity index (χ2n) is 4.59. The van der Waals surface area contributed by atoms with Crippen molar-refractivity contribution in [1.82, 2.24) is 9.78 Å². The zero-order valence-electron chi connectivity index (χ0n) is 11.4. The molecule has 0 unspecified atom stereocenters. The largest absolute Gasteiger partial charge is 0.457 e. The third-order valence-corrected chi connectivity index (χ3v) is 3.44. The lowest BCUT2D eigenvalue weighted by Crippen LogP contribution is -1.98. The summed E-state index contributed by atoms with van der Waals surface area (Å²) in [4.78, 5) is 0. The molecule has 106 valence electrons. The molecule has 0 spiro atoms. The van der Waals surface area contributed by atoms with Gasteiger partial charge in [-0.15, -0.1) is 0 Å². The molecule has 21 heavy (non-hydrogen) atoms. The van der Waals surface area contributed by atoms with E-state index in [1.807, 2.05) is 71.5 Å². The quantitative estimate of drug-likeness (QED) is 0.626. The van der Waals surface area contributed by atoms with Crippen LogP contribution in [-0.4, -0.2) is 15.1 Å². The van der Waals surface area contributed by atoms with Gasteiger partial charge in [-0.3, -0.25) is 4.68 Å². The van der Waals surface area contributed by atoms with E-state index in [4.69, 9.17) is 4.74 Å². The highest BCUT2D eigenvalue weighted by Crippen LogP contribution is 2.24. The van der Waals surface area contributed by atoms with Crippen molar-refractivity contribution in [1.29, 1.82) is 0 Å². The van der Waals surface area contributed by atoms with Crippen molar-refractivity contribution in [2.45, 2.75) is 6.54 Å². The molecule has 0 aliphatic heterocycles. The summed E-state index contributed by atoms with van der Waals surface area (Å²) in [6.07, 6.45) is 1.99. The maximum atomic E-state index is 5.78. The van der Waals surface area contributed by atoms with E-state index in [9.17, 15) is 0 Å². The Hall–Kier alpha value is -2.07. The number of ether oxygens (including phenoxy) is 1. The molecule has 0 N–H and O–H groups in total. The Morgan fingerprint density at radius 2 is 1.62 bits per heavy atom. The number of para-hydroxylation sites is 1. The van der Waals surface area contributed by atoms with Gasteiger partial charge in [-0.2, -0.15) is 5.10 Å². The van der Waals surface area contributed by atoms with Crippen molar-refractivity contribution in [2.75, 3.05) is 5.33 Å². The molecule has 0 fully saturated rings. The zero-order valence-corrected chi connectivity index (χ0v) is 13.0. The van der Waals surface area contributed by atoms with Crippen LogP contribution in [0.2, 0.25) is 0 Å². The normalized spacial score (nSPS) is 10.5. The molecule has 1 aromatic heterocycles. The number of alkyl halides is 1. The van der Waals surface area contributed by atoms with Crippen LogP contribution in [0.1, 0.15) is 0 Å². The van der Waals surface area contributed by atoms with E-state index in [0.29, 0.717) is 0 Å². The molecule has 0 radical (unpaired) electrons. The van der Waals surface area contributed by atoms with Crippen LogP contribution in [0.15, 0.2) is 66.9 Å². The van der Waals surface area contributed by atoms with E-state index in [-0.39, 0.29) is 0 Å². The van der Waals surface area contributed by atoms with E-state index in [1.54, 1.807) is 0 Å². The zero-order chi connectivity index (χ0) is 14.5. The number of aromatic nitrogens is 2. The lowest BCUT2D eigenvalue weighted by Gasteiger charge is -2.05. The van der Waals surface area contributed by atoms with Crippen molar-refractivity contribution in [3.63, 3.8) is 0 Å². The fraction of sp³-hybridized carbons (Fsp3) is 0.118. The van der Waals surface area contributed by atoms with Crippen molar-refractivity contribution >= 4 is 15.9 Å². The van der Waals surface area contributed by atoms with Gasteiger partial charge in [0.15, 0.2) is 0 Å². The maximum Gasteiger partial charge on any atom is 0.127 e. The molecule has 0 aliphatic rings. The summed E-state index contributed by atoms with van der Waals surface area (Å²) >= 11 is 3.42. The summed E-state index contributed by atoms with van der Waals surface area (Å²) in [5, 5.41) is 5.43. The average molecular weight is 343 g/mol. The third kappa shape index (κ3) is 3.52. The molecule has 4 heteroatoms. The molecule has 0 bridgehead atoms. The Morgan fingerprint density at radius 3 is 2.33 bits per heavy atom. The summed E-state index contributed by atoms with van der Waals surface area (Å²) in [5.74, 6) is 1.66. The number of rotatable bonds is 5. The lowest BCUT2D eigenvalue weighted by molar-refractivity contribution is 0.483. The van der Waals surface area contributed by atoms with Gasteiger partial charge in [-0.25, -0.2) is 0 Å². The molecule has 3 aromatic rings. The summed E-state index contributed by atoms with van der Waals surface area (Å²) in [5.41, 5.74) is 2.06. The van der Waals surface area contributed by atoms with Crippen LogP contribution in [0.5, 0.6) is 11.5 Å². The second kappa shape index (κ2) is 6.59. The minimum atomic E-state index is 0.824. The Kier molecular flexibility index (Phi) is 4.36. The maximum absolute atomic E-state index is 5.78. The first kappa shape index (κ1) is 13.9. The minimum Gasteiger partial charge on any atom is -0.457 e. The molecule has 0 saturated carbocycles. The van der Waals surface area contributed by atoms with E-state index < -0.39 is 0 Å². The molecule has 2 aromatic carbocycles. The molecule has 0 saturated heterocycles. The topological polar surface area (TPSA) is 27.1 Å². The Morgan fingerprint density at radius 1 is 0.905 bits per heavy atom.